The van der Waals surface area contributed by atoms with E-state index in [1.807, 2.05) is 12.5 Å². The first-order valence-corrected chi connectivity index (χ1v) is 14.0. The zero-order valence-electron chi connectivity index (χ0n) is 21.4. The van der Waals surface area contributed by atoms with Gasteiger partial charge in [-0.15, -0.1) is 0 Å². The number of rotatable bonds is 6. The van der Waals surface area contributed by atoms with Gasteiger partial charge in [0.15, 0.2) is 5.16 Å². The van der Waals surface area contributed by atoms with Crippen LogP contribution in [0.5, 0.6) is 0 Å². The van der Waals surface area contributed by atoms with Crippen molar-refractivity contribution in [2.45, 2.75) is 25.0 Å². The highest BCUT2D eigenvalue weighted by atomic mass is 32.2. The zero-order valence-corrected chi connectivity index (χ0v) is 22.2. The topological polar surface area (TPSA) is 62.1 Å². The monoisotopic (exact) mass is 509 g/mol. The van der Waals surface area contributed by atoms with Crippen LogP contribution >= 0.6 is 11.8 Å². The van der Waals surface area contributed by atoms with Crippen LogP contribution in [0.2, 0.25) is 0 Å². The van der Waals surface area contributed by atoms with E-state index in [4.69, 9.17) is 15.0 Å². The molecule has 0 unspecified atom stereocenters. The van der Waals surface area contributed by atoms with E-state index in [0.29, 0.717) is 6.04 Å². The first kappa shape index (κ1) is 23.6. The molecule has 1 N–H and O–H groups in total. The Morgan fingerprint density at radius 2 is 1.68 bits per heavy atom. The third kappa shape index (κ3) is 4.69. The Hall–Kier alpha value is -3.78. The lowest BCUT2D eigenvalue weighted by molar-refractivity contribution is 0.623. The van der Waals surface area contributed by atoms with Crippen molar-refractivity contribution in [3.8, 4) is 0 Å². The number of pyridine rings is 1. The van der Waals surface area contributed by atoms with Crippen LogP contribution < -0.4 is 15.1 Å². The molecule has 0 aliphatic carbocycles. The first-order chi connectivity index (χ1) is 18.1. The van der Waals surface area contributed by atoms with Crippen molar-refractivity contribution in [2.75, 3.05) is 47.6 Å². The summed E-state index contributed by atoms with van der Waals surface area (Å²) >= 11 is 1.57. The number of hydrogen-bond acceptors (Lipinski definition) is 7. The smallest absolute Gasteiger partial charge is 0.191 e. The maximum Gasteiger partial charge on any atom is 0.191 e. The fourth-order valence-electron chi connectivity index (χ4n) is 5.07. The molecule has 6 rings (SSSR count). The molecule has 0 radical (unpaired) electrons. The quantitative estimate of drug-likeness (QED) is 0.211. The first-order valence-electron chi connectivity index (χ1n) is 12.7. The summed E-state index contributed by atoms with van der Waals surface area (Å²) in [6.45, 7) is 7.96. The van der Waals surface area contributed by atoms with Gasteiger partial charge in [-0.1, -0.05) is 36.0 Å². The summed E-state index contributed by atoms with van der Waals surface area (Å²) in [7, 11) is 0. The Balaban J connectivity index is 1.21. The van der Waals surface area contributed by atoms with Gasteiger partial charge in [0, 0.05) is 72.7 Å². The Kier molecular flexibility index (Phi) is 6.34. The van der Waals surface area contributed by atoms with Gasteiger partial charge >= 0.3 is 0 Å². The van der Waals surface area contributed by atoms with Crippen molar-refractivity contribution < 1.29 is 0 Å². The fourth-order valence-corrected chi connectivity index (χ4v) is 5.45. The Morgan fingerprint density at radius 3 is 2.49 bits per heavy atom. The number of thioether (sulfide) groups is 1. The van der Waals surface area contributed by atoms with Crippen molar-refractivity contribution in [1.82, 2.24) is 19.5 Å². The van der Waals surface area contributed by atoms with Crippen LogP contribution in [0, 0.1) is 0 Å². The van der Waals surface area contributed by atoms with Crippen LogP contribution in [-0.2, 0) is 0 Å². The van der Waals surface area contributed by atoms with Gasteiger partial charge in [-0.2, -0.15) is 0 Å². The number of nitrogens with zero attached hydrogens (tertiary/aromatic N) is 6. The summed E-state index contributed by atoms with van der Waals surface area (Å²) in [5, 5.41) is 7.94. The Labute approximate surface area is 221 Å². The van der Waals surface area contributed by atoms with E-state index in [0.717, 1.165) is 54.5 Å². The molecular weight excluding hydrogens is 478 g/mol. The Morgan fingerprint density at radius 1 is 0.865 bits per heavy atom. The lowest BCUT2D eigenvalue weighted by Gasteiger charge is -2.36. The number of fused-ring (bicyclic) bond motifs is 2. The number of piperazine rings is 1. The van der Waals surface area contributed by atoms with E-state index in [9.17, 15) is 0 Å². The van der Waals surface area contributed by atoms with Gasteiger partial charge in [-0.3, -0.25) is 0 Å². The second-order valence-electron chi connectivity index (χ2n) is 9.64. The van der Waals surface area contributed by atoms with Crippen LogP contribution in [0.15, 0.2) is 78.2 Å². The molecular formula is C29H31N7S. The van der Waals surface area contributed by atoms with Crippen molar-refractivity contribution in [3.05, 3.63) is 73.1 Å². The summed E-state index contributed by atoms with van der Waals surface area (Å²) in [5.41, 5.74) is 2.27. The number of nitrogens with one attached hydrogen (secondary N) is 1. The molecule has 0 saturated carbocycles. The summed E-state index contributed by atoms with van der Waals surface area (Å²) in [5.74, 6) is 2.84. The van der Waals surface area contributed by atoms with E-state index < -0.39 is 0 Å². The molecule has 1 fully saturated rings. The summed E-state index contributed by atoms with van der Waals surface area (Å²) in [4.78, 5) is 19.0. The standard InChI is InChI=1S/C29H31N7S/c1-20(2)36-13-11-22-18-23(8-9-25(22)36)31-26-19-27(33-29(32-26)37-3)34-14-16-35(17-15-34)28-24-7-5-4-6-21(24)10-12-30-28/h4-13,18-20H,14-17H2,1-3H3,(H,31,32,33). The fraction of sp³-hybridized carbons (Fsp3) is 0.276. The highest BCUT2D eigenvalue weighted by Crippen LogP contribution is 2.29. The van der Waals surface area contributed by atoms with Gasteiger partial charge in [0.25, 0.3) is 0 Å². The highest BCUT2D eigenvalue weighted by Gasteiger charge is 2.21. The summed E-state index contributed by atoms with van der Waals surface area (Å²) in [6, 6.07) is 21.7. The summed E-state index contributed by atoms with van der Waals surface area (Å²) < 4.78 is 2.29. The molecule has 2 aromatic carbocycles. The molecule has 0 amide bonds. The molecule has 1 aliphatic rings. The molecule has 3 aromatic heterocycles. The number of hydrogen-bond donors (Lipinski definition) is 1. The maximum absolute atomic E-state index is 4.84. The van der Waals surface area contributed by atoms with E-state index in [-0.39, 0.29) is 0 Å². The molecule has 1 aliphatic heterocycles. The normalized spacial score (nSPS) is 14.2. The molecule has 0 spiro atoms. The largest absolute Gasteiger partial charge is 0.353 e. The van der Waals surface area contributed by atoms with E-state index in [1.165, 1.54) is 21.7 Å². The van der Waals surface area contributed by atoms with Crippen LogP contribution in [0.4, 0.5) is 23.1 Å². The van der Waals surface area contributed by atoms with E-state index >= 15 is 0 Å². The average Bonchev–Trinajstić information content (AvgIpc) is 3.36. The minimum absolute atomic E-state index is 0.432. The second kappa shape index (κ2) is 9.94. The molecule has 0 bridgehead atoms. The van der Waals surface area contributed by atoms with Gasteiger partial charge in [0.2, 0.25) is 0 Å². The molecule has 8 heteroatoms. The molecule has 7 nitrogen and oxygen atoms in total. The minimum Gasteiger partial charge on any atom is -0.353 e. The van der Waals surface area contributed by atoms with Crippen LogP contribution in [0.3, 0.4) is 0 Å². The highest BCUT2D eigenvalue weighted by molar-refractivity contribution is 7.98. The molecule has 188 valence electrons. The number of aromatic nitrogens is 4. The third-order valence-electron chi connectivity index (χ3n) is 6.98. The van der Waals surface area contributed by atoms with Gasteiger partial charge in [0.05, 0.1) is 0 Å². The zero-order chi connectivity index (χ0) is 25.4. The van der Waals surface area contributed by atoms with Gasteiger partial charge in [-0.25, -0.2) is 15.0 Å². The minimum atomic E-state index is 0.432. The van der Waals surface area contributed by atoms with E-state index in [1.54, 1.807) is 11.8 Å². The molecule has 5 aromatic rings. The molecule has 4 heterocycles. The van der Waals surface area contributed by atoms with Crippen molar-refractivity contribution in [2.24, 2.45) is 0 Å². The Bertz CT molecular complexity index is 1550. The van der Waals surface area contributed by atoms with Crippen molar-refractivity contribution >= 4 is 56.6 Å². The van der Waals surface area contributed by atoms with Crippen LogP contribution in [0.1, 0.15) is 19.9 Å². The lowest BCUT2D eigenvalue weighted by atomic mass is 10.1. The second-order valence-corrected chi connectivity index (χ2v) is 10.4. The van der Waals surface area contributed by atoms with Crippen molar-refractivity contribution in [1.29, 1.82) is 0 Å². The van der Waals surface area contributed by atoms with E-state index in [2.05, 4.69) is 100 Å². The third-order valence-corrected chi connectivity index (χ3v) is 7.53. The van der Waals surface area contributed by atoms with Gasteiger partial charge in [-0.05, 0) is 55.8 Å². The molecule has 37 heavy (non-hydrogen) atoms. The van der Waals surface area contributed by atoms with Crippen LogP contribution in [-0.4, -0.2) is 52.0 Å². The van der Waals surface area contributed by atoms with Crippen LogP contribution in [0.25, 0.3) is 21.7 Å². The lowest BCUT2D eigenvalue weighted by Crippen LogP contribution is -2.47. The van der Waals surface area contributed by atoms with Crippen molar-refractivity contribution in [3.63, 3.8) is 0 Å². The number of benzene rings is 2. The molecule has 1 saturated heterocycles. The maximum atomic E-state index is 4.84. The van der Waals surface area contributed by atoms with Gasteiger partial charge in [0.1, 0.15) is 17.5 Å². The SMILES string of the molecule is CSc1nc(Nc2ccc3c(ccn3C(C)C)c2)cc(N2CCN(c3nccc4ccccc34)CC2)n1. The number of anilines is 4. The predicted molar refractivity (Wildman–Crippen MR) is 156 cm³/mol. The molecule has 0 atom stereocenters. The van der Waals surface area contributed by atoms with Gasteiger partial charge < -0.3 is 19.7 Å². The summed E-state index contributed by atoms with van der Waals surface area (Å²) in [6.07, 6.45) is 6.08. The predicted octanol–water partition coefficient (Wildman–Crippen LogP) is 6.35. The average molecular weight is 510 g/mol.